The minimum absolute atomic E-state index is 0.249. The summed E-state index contributed by atoms with van der Waals surface area (Å²) in [7, 11) is 2.07. The van der Waals surface area contributed by atoms with Crippen LogP contribution in [0.15, 0.2) is 18.2 Å². The first-order chi connectivity index (χ1) is 8.02. The van der Waals surface area contributed by atoms with E-state index in [1.54, 1.807) is 12.1 Å². The van der Waals surface area contributed by atoms with E-state index >= 15 is 0 Å². The third-order valence-corrected chi connectivity index (χ3v) is 3.02. The van der Waals surface area contributed by atoms with Gasteiger partial charge in [-0.1, -0.05) is 24.6 Å². The van der Waals surface area contributed by atoms with Crippen LogP contribution in [0.5, 0.6) is 0 Å². The smallest absolute Gasteiger partial charge is 0.129 e. The molecule has 1 aromatic rings. The predicted molar refractivity (Wildman–Crippen MR) is 70.9 cm³/mol. The predicted octanol–water partition coefficient (Wildman–Crippen LogP) is 2.91. The third kappa shape index (κ3) is 5.02. The molecule has 0 saturated heterocycles. The largest absolute Gasteiger partial charge is 0.309 e. The van der Waals surface area contributed by atoms with Gasteiger partial charge >= 0.3 is 0 Å². The molecule has 1 N–H and O–H groups in total. The first kappa shape index (κ1) is 14.4. The summed E-state index contributed by atoms with van der Waals surface area (Å²) < 4.78 is 13.5. The first-order valence-corrected chi connectivity index (χ1v) is 6.26. The summed E-state index contributed by atoms with van der Waals surface area (Å²) in [5.74, 6) is -0.249. The molecular weight excluding hydrogens is 239 g/mol. The van der Waals surface area contributed by atoms with Gasteiger partial charge in [-0.3, -0.25) is 0 Å². The Kier molecular flexibility index (Phi) is 5.89. The second kappa shape index (κ2) is 6.94. The second-order valence-electron chi connectivity index (χ2n) is 4.37. The molecule has 0 spiro atoms. The molecule has 0 amide bonds. The Labute approximate surface area is 108 Å². The van der Waals surface area contributed by atoms with Crippen molar-refractivity contribution in [2.45, 2.75) is 26.4 Å². The van der Waals surface area contributed by atoms with Crippen molar-refractivity contribution in [3.05, 3.63) is 34.6 Å². The van der Waals surface area contributed by atoms with Crippen LogP contribution in [0.3, 0.4) is 0 Å². The number of likely N-dealkylation sites (N-methyl/N-ethyl adjacent to an activating group) is 1. The Bertz CT molecular complexity index is 357. The quantitative estimate of drug-likeness (QED) is 0.844. The van der Waals surface area contributed by atoms with Crippen LogP contribution < -0.4 is 5.32 Å². The van der Waals surface area contributed by atoms with Gasteiger partial charge in [-0.15, -0.1) is 0 Å². The SMILES string of the molecule is CCN(C)CC(C)NCc1ccc(Cl)cc1F. The minimum Gasteiger partial charge on any atom is -0.309 e. The van der Waals surface area contributed by atoms with Gasteiger partial charge in [-0.2, -0.15) is 0 Å². The lowest BCUT2D eigenvalue weighted by Crippen LogP contribution is -2.37. The molecule has 0 saturated carbocycles. The zero-order valence-electron chi connectivity index (χ0n) is 10.6. The zero-order valence-corrected chi connectivity index (χ0v) is 11.4. The number of hydrogen-bond acceptors (Lipinski definition) is 2. The second-order valence-corrected chi connectivity index (χ2v) is 4.81. The first-order valence-electron chi connectivity index (χ1n) is 5.88. The molecule has 0 heterocycles. The average Bonchev–Trinajstić information content (AvgIpc) is 2.27. The summed E-state index contributed by atoms with van der Waals surface area (Å²) in [6.07, 6.45) is 0. The van der Waals surface area contributed by atoms with Crippen LogP contribution in [-0.2, 0) is 6.54 Å². The van der Waals surface area contributed by atoms with E-state index in [4.69, 9.17) is 11.6 Å². The molecule has 0 aliphatic carbocycles. The molecule has 1 atom stereocenters. The monoisotopic (exact) mass is 258 g/mol. The average molecular weight is 259 g/mol. The molecule has 1 rings (SSSR count). The maximum atomic E-state index is 13.5. The van der Waals surface area contributed by atoms with Gasteiger partial charge in [0.25, 0.3) is 0 Å². The third-order valence-electron chi connectivity index (χ3n) is 2.78. The highest BCUT2D eigenvalue weighted by Gasteiger charge is 2.07. The number of halogens is 2. The van der Waals surface area contributed by atoms with Crippen molar-refractivity contribution in [3.63, 3.8) is 0 Å². The summed E-state index contributed by atoms with van der Waals surface area (Å²) >= 11 is 5.70. The summed E-state index contributed by atoms with van der Waals surface area (Å²) in [6, 6.07) is 5.11. The number of nitrogens with one attached hydrogen (secondary N) is 1. The molecule has 2 nitrogen and oxygen atoms in total. The van der Waals surface area contributed by atoms with Crippen molar-refractivity contribution in [3.8, 4) is 0 Å². The molecule has 0 aliphatic heterocycles. The minimum atomic E-state index is -0.249. The molecule has 0 bridgehead atoms. The Morgan fingerprint density at radius 2 is 2.18 bits per heavy atom. The van der Waals surface area contributed by atoms with Crippen LogP contribution in [0.1, 0.15) is 19.4 Å². The number of nitrogens with zero attached hydrogens (tertiary/aromatic N) is 1. The number of rotatable bonds is 6. The van der Waals surface area contributed by atoms with Gasteiger partial charge in [0.1, 0.15) is 5.82 Å². The Balaban J connectivity index is 2.44. The van der Waals surface area contributed by atoms with E-state index in [-0.39, 0.29) is 5.82 Å². The normalized spacial score (nSPS) is 13.1. The molecule has 1 aromatic carbocycles. The van der Waals surface area contributed by atoms with Crippen LogP contribution in [0.2, 0.25) is 5.02 Å². The fraction of sp³-hybridized carbons (Fsp3) is 0.538. The van der Waals surface area contributed by atoms with Crippen molar-refractivity contribution in [1.29, 1.82) is 0 Å². The lowest BCUT2D eigenvalue weighted by atomic mass is 10.2. The topological polar surface area (TPSA) is 15.3 Å². The van der Waals surface area contributed by atoms with Crippen molar-refractivity contribution in [1.82, 2.24) is 10.2 Å². The van der Waals surface area contributed by atoms with Crippen LogP contribution in [0.25, 0.3) is 0 Å². The maximum Gasteiger partial charge on any atom is 0.129 e. The summed E-state index contributed by atoms with van der Waals surface area (Å²) in [4.78, 5) is 2.22. The van der Waals surface area contributed by atoms with Gasteiger partial charge in [0.15, 0.2) is 0 Å². The molecule has 17 heavy (non-hydrogen) atoms. The van der Waals surface area contributed by atoms with E-state index in [0.717, 1.165) is 13.1 Å². The van der Waals surface area contributed by atoms with E-state index in [9.17, 15) is 4.39 Å². The van der Waals surface area contributed by atoms with Crippen molar-refractivity contribution >= 4 is 11.6 Å². The molecule has 0 aliphatic rings. The van der Waals surface area contributed by atoms with Crippen LogP contribution >= 0.6 is 11.6 Å². The van der Waals surface area contributed by atoms with Crippen molar-refractivity contribution in [2.24, 2.45) is 0 Å². The molecule has 4 heteroatoms. The summed E-state index contributed by atoms with van der Waals surface area (Å²) in [6.45, 7) is 6.71. The van der Waals surface area contributed by atoms with Crippen molar-refractivity contribution in [2.75, 3.05) is 20.1 Å². The number of benzene rings is 1. The fourth-order valence-electron chi connectivity index (χ4n) is 1.61. The molecule has 0 fully saturated rings. The van der Waals surface area contributed by atoms with E-state index in [2.05, 4.69) is 31.1 Å². The van der Waals surface area contributed by atoms with Gasteiger partial charge < -0.3 is 10.2 Å². The Morgan fingerprint density at radius 3 is 2.76 bits per heavy atom. The molecule has 96 valence electrons. The van der Waals surface area contributed by atoms with Crippen molar-refractivity contribution < 1.29 is 4.39 Å². The fourth-order valence-corrected chi connectivity index (χ4v) is 1.77. The lowest BCUT2D eigenvalue weighted by Gasteiger charge is -2.20. The van der Waals surface area contributed by atoms with Crippen LogP contribution in [0, 0.1) is 5.82 Å². The summed E-state index contributed by atoms with van der Waals surface area (Å²) in [5, 5.41) is 3.73. The molecule has 1 unspecified atom stereocenters. The zero-order chi connectivity index (χ0) is 12.8. The van der Waals surface area contributed by atoms with Crippen LogP contribution in [0.4, 0.5) is 4.39 Å². The Hall–Kier alpha value is -0.640. The molecule has 0 radical (unpaired) electrons. The molecular formula is C13H20ClFN2. The van der Waals surface area contributed by atoms with Gasteiger partial charge in [0.05, 0.1) is 0 Å². The van der Waals surface area contributed by atoms with E-state index in [1.807, 2.05) is 0 Å². The summed E-state index contributed by atoms with van der Waals surface area (Å²) in [5.41, 5.74) is 0.653. The van der Waals surface area contributed by atoms with Gasteiger partial charge in [0.2, 0.25) is 0 Å². The highest BCUT2D eigenvalue weighted by atomic mass is 35.5. The van der Waals surface area contributed by atoms with E-state index < -0.39 is 0 Å². The highest BCUT2D eigenvalue weighted by Crippen LogP contribution is 2.14. The maximum absolute atomic E-state index is 13.5. The van der Waals surface area contributed by atoms with E-state index in [1.165, 1.54) is 6.07 Å². The standard InChI is InChI=1S/C13H20ClFN2/c1-4-17(3)9-10(2)16-8-11-5-6-12(14)7-13(11)15/h5-7,10,16H,4,8-9H2,1-3H3. The molecule has 0 aromatic heterocycles. The Morgan fingerprint density at radius 1 is 1.47 bits per heavy atom. The lowest BCUT2D eigenvalue weighted by molar-refractivity contribution is 0.309. The number of hydrogen-bond donors (Lipinski definition) is 1. The van der Waals surface area contributed by atoms with Crippen LogP contribution in [-0.4, -0.2) is 31.1 Å². The van der Waals surface area contributed by atoms with Gasteiger partial charge in [-0.05, 0) is 32.6 Å². The highest BCUT2D eigenvalue weighted by molar-refractivity contribution is 6.30. The van der Waals surface area contributed by atoms with Gasteiger partial charge in [-0.25, -0.2) is 4.39 Å². The van der Waals surface area contributed by atoms with Gasteiger partial charge in [0, 0.05) is 29.7 Å². The van der Waals surface area contributed by atoms with E-state index in [0.29, 0.717) is 23.2 Å².